The van der Waals surface area contributed by atoms with Gasteiger partial charge >= 0.3 is 0 Å². The van der Waals surface area contributed by atoms with Gasteiger partial charge in [-0.25, -0.2) is 0 Å². The Morgan fingerprint density at radius 3 is 2.89 bits per heavy atom. The van der Waals surface area contributed by atoms with Crippen LogP contribution in [0.25, 0.3) is 0 Å². The Bertz CT molecular complexity index is 73.5. The van der Waals surface area contributed by atoms with Gasteiger partial charge in [-0.2, -0.15) is 0 Å². The number of aliphatic imine (C=N–C) groups is 1. The predicted molar refractivity (Wildman–Crippen MR) is 36.9 cm³/mol. The van der Waals surface area contributed by atoms with Crippen LogP contribution in [-0.4, -0.2) is 38.2 Å². The first kappa shape index (κ1) is 8.59. The van der Waals surface area contributed by atoms with E-state index in [0.29, 0.717) is 13.2 Å². The number of rotatable bonds is 5. The van der Waals surface area contributed by atoms with Crippen LogP contribution in [0.2, 0.25) is 0 Å². The molecule has 0 fully saturated rings. The quantitative estimate of drug-likeness (QED) is 0.424. The second-order valence-corrected chi connectivity index (χ2v) is 1.57. The van der Waals surface area contributed by atoms with E-state index in [2.05, 4.69) is 4.99 Å². The average molecular weight is 131 g/mol. The van der Waals surface area contributed by atoms with Gasteiger partial charge in [-0.15, -0.1) is 0 Å². The molecular formula is C6H13NO2. The average Bonchev–Trinajstić information content (AvgIpc) is 1.89. The fourth-order valence-corrected chi connectivity index (χ4v) is 0.432. The smallest absolute Gasteiger partial charge is 0.0697 e. The highest BCUT2D eigenvalue weighted by atomic mass is 16.5. The maximum atomic E-state index is 8.26. The van der Waals surface area contributed by atoms with Crippen LogP contribution in [0.1, 0.15) is 6.42 Å². The standard InChI is InChI=1S/C6H13NO2/c1-7-3-2-5-9-6-4-8/h3,8H,2,4-6H2,1H3. The van der Waals surface area contributed by atoms with Gasteiger partial charge in [-0.3, -0.25) is 0 Å². The highest BCUT2D eigenvalue weighted by Crippen LogP contribution is 1.77. The third-order valence-corrected chi connectivity index (χ3v) is 0.809. The van der Waals surface area contributed by atoms with E-state index in [4.69, 9.17) is 9.84 Å². The number of aliphatic hydroxyl groups excluding tert-OH is 1. The highest BCUT2D eigenvalue weighted by molar-refractivity contribution is 5.56. The highest BCUT2D eigenvalue weighted by Gasteiger charge is 1.81. The lowest BCUT2D eigenvalue weighted by Gasteiger charge is -1.95. The lowest BCUT2D eigenvalue weighted by molar-refractivity contribution is 0.0975. The van der Waals surface area contributed by atoms with Crippen molar-refractivity contribution in [2.75, 3.05) is 26.9 Å². The third-order valence-electron chi connectivity index (χ3n) is 0.809. The zero-order valence-electron chi connectivity index (χ0n) is 5.71. The molecule has 0 saturated carbocycles. The normalized spacial score (nSPS) is 10.9. The summed E-state index contributed by atoms with van der Waals surface area (Å²) < 4.78 is 4.94. The van der Waals surface area contributed by atoms with Crippen LogP contribution in [0.5, 0.6) is 0 Å². The number of hydrogen-bond acceptors (Lipinski definition) is 3. The molecule has 3 heteroatoms. The zero-order chi connectivity index (χ0) is 6.95. The number of nitrogens with zero attached hydrogens (tertiary/aromatic N) is 1. The van der Waals surface area contributed by atoms with E-state index in [1.54, 1.807) is 13.3 Å². The van der Waals surface area contributed by atoms with E-state index in [-0.39, 0.29) is 6.61 Å². The summed E-state index contributed by atoms with van der Waals surface area (Å²) in [7, 11) is 1.73. The van der Waals surface area contributed by atoms with Crippen LogP contribution < -0.4 is 0 Å². The summed E-state index contributed by atoms with van der Waals surface area (Å²) in [4.78, 5) is 3.77. The van der Waals surface area contributed by atoms with Crippen molar-refractivity contribution in [1.82, 2.24) is 0 Å². The minimum atomic E-state index is 0.100. The van der Waals surface area contributed by atoms with Gasteiger partial charge in [0.05, 0.1) is 19.8 Å². The summed E-state index contributed by atoms with van der Waals surface area (Å²) in [5, 5.41) is 8.26. The molecule has 0 rings (SSSR count). The predicted octanol–water partition coefficient (Wildman–Crippen LogP) is 0.0860. The van der Waals surface area contributed by atoms with Crippen molar-refractivity contribution < 1.29 is 9.84 Å². The molecule has 0 aromatic carbocycles. The van der Waals surface area contributed by atoms with Gasteiger partial charge in [-0.05, 0) is 0 Å². The molecule has 1 N–H and O–H groups in total. The van der Waals surface area contributed by atoms with Gasteiger partial charge in [0.15, 0.2) is 0 Å². The fraction of sp³-hybridized carbons (Fsp3) is 0.833. The van der Waals surface area contributed by atoms with Crippen molar-refractivity contribution in [3.63, 3.8) is 0 Å². The molecule has 9 heavy (non-hydrogen) atoms. The first-order valence-corrected chi connectivity index (χ1v) is 3.01. The first-order chi connectivity index (χ1) is 4.41. The maximum absolute atomic E-state index is 8.26. The van der Waals surface area contributed by atoms with Crippen molar-refractivity contribution in [3.8, 4) is 0 Å². The van der Waals surface area contributed by atoms with Gasteiger partial charge in [0, 0.05) is 19.7 Å². The van der Waals surface area contributed by atoms with Gasteiger partial charge in [0.2, 0.25) is 0 Å². The van der Waals surface area contributed by atoms with E-state index in [0.717, 1.165) is 6.42 Å². The molecule has 54 valence electrons. The van der Waals surface area contributed by atoms with Gasteiger partial charge in [-0.1, -0.05) is 0 Å². The Morgan fingerprint density at radius 1 is 1.56 bits per heavy atom. The molecule has 0 atom stereocenters. The molecule has 0 bridgehead atoms. The van der Waals surface area contributed by atoms with Gasteiger partial charge < -0.3 is 14.8 Å². The molecule has 0 aliphatic rings. The van der Waals surface area contributed by atoms with Crippen LogP contribution in [-0.2, 0) is 4.74 Å². The Morgan fingerprint density at radius 2 is 2.33 bits per heavy atom. The third kappa shape index (κ3) is 7.59. The molecule has 0 saturated heterocycles. The van der Waals surface area contributed by atoms with Crippen LogP contribution in [0, 0.1) is 0 Å². The van der Waals surface area contributed by atoms with Gasteiger partial charge in [0.25, 0.3) is 0 Å². The zero-order valence-corrected chi connectivity index (χ0v) is 5.71. The summed E-state index contributed by atoms with van der Waals surface area (Å²) in [6.07, 6.45) is 2.62. The molecule has 0 aromatic heterocycles. The Hall–Kier alpha value is -0.410. The van der Waals surface area contributed by atoms with Crippen LogP contribution in [0.4, 0.5) is 0 Å². The van der Waals surface area contributed by atoms with Crippen LogP contribution in [0.3, 0.4) is 0 Å². The van der Waals surface area contributed by atoms with Crippen molar-refractivity contribution in [2.45, 2.75) is 6.42 Å². The summed E-state index contributed by atoms with van der Waals surface area (Å²) in [6, 6.07) is 0. The second-order valence-electron chi connectivity index (χ2n) is 1.57. The SMILES string of the molecule is CN=CCCOCCO. The summed E-state index contributed by atoms with van der Waals surface area (Å²) in [5.74, 6) is 0. The lowest BCUT2D eigenvalue weighted by atomic mass is 10.5. The number of aliphatic hydroxyl groups is 1. The van der Waals surface area contributed by atoms with Crippen molar-refractivity contribution in [3.05, 3.63) is 0 Å². The van der Waals surface area contributed by atoms with Gasteiger partial charge in [0.1, 0.15) is 0 Å². The Balaban J connectivity index is 2.75. The molecule has 0 aliphatic heterocycles. The van der Waals surface area contributed by atoms with E-state index in [9.17, 15) is 0 Å². The first-order valence-electron chi connectivity index (χ1n) is 3.01. The molecule has 3 nitrogen and oxygen atoms in total. The molecule has 0 aliphatic carbocycles. The molecule has 0 spiro atoms. The minimum Gasteiger partial charge on any atom is -0.394 e. The maximum Gasteiger partial charge on any atom is 0.0697 e. The monoisotopic (exact) mass is 131 g/mol. The minimum absolute atomic E-state index is 0.100. The molecule has 0 aromatic rings. The molecule has 0 unspecified atom stereocenters. The molecular weight excluding hydrogens is 118 g/mol. The number of ether oxygens (including phenoxy) is 1. The molecule has 0 heterocycles. The molecule has 0 amide bonds. The molecule has 0 radical (unpaired) electrons. The van der Waals surface area contributed by atoms with Crippen LogP contribution >= 0.6 is 0 Å². The van der Waals surface area contributed by atoms with Crippen LogP contribution in [0.15, 0.2) is 4.99 Å². The van der Waals surface area contributed by atoms with E-state index in [1.165, 1.54) is 0 Å². The van der Waals surface area contributed by atoms with Crippen molar-refractivity contribution in [1.29, 1.82) is 0 Å². The summed E-state index contributed by atoms with van der Waals surface area (Å²) >= 11 is 0. The van der Waals surface area contributed by atoms with E-state index < -0.39 is 0 Å². The topological polar surface area (TPSA) is 41.8 Å². The summed E-state index contributed by atoms with van der Waals surface area (Å²) in [5.41, 5.74) is 0. The van der Waals surface area contributed by atoms with E-state index >= 15 is 0 Å². The number of hydrogen-bond donors (Lipinski definition) is 1. The Kier molecular flexibility index (Phi) is 7.24. The van der Waals surface area contributed by atoms with Crippen molar-refractivity contribution in [2.24, 2.45) is 4.99 Å². The fourth-order valence-electron chi connectivity index (χ4n) is 0.432. The largest absolute Gasteiger partial charge is 0.394 e. The summed E-state index contributed by atoms with van der Waals surface area (Å²) in [6.45, 7) is 1.18. The Labute approximate surface area is 55.4 Å². The van der Waals surface area contributed by atoms with E-state index in [1.807, 2.05) is 0 Å². The van der Waals surface area contributed by atoms with Crippen molar-refractivity contribution >= 4 is 6.21 Å². The lowest BCUT2D eigenvalue weighted by Crippen LogP contribution is -2.00. The second kappa shape index (κ2) is 7.59.